The molecule has 0 saturated carbocycles. The van der Waals surface area contributed by atoms with E-state index in [9.17, 15) is 0 Å². The highest BCUT2D eigenvalue weighted by molar-refractivity contribution is 7.24. The fourth-order valence-corrected chi connectivity index (χ4v) is 9.52. The van der Waals surface area contributed by atoms with Gasteiger partial charge in [-0.15, -0.1) is 11.3 Å². The molecule has 0 atom stereocenters. The molecule has 0 N–H and O–H groups in total. The molecule has 0 fully saturated rings. The quantitative estimate of drug-likeness (QED) is 0.154. The van der Waals surface area contributed by atoms with Crippen LogP contribution in [0.5, 0.6) is 0 Å². The minimum absolute atomic E-state index is 0.611. The van der Waals surface area contributed by atoms with Gasteiger partial charge in [0.2, 0.25) is 0 Å². The maximum atomic E-state index is 5.44. The lowest BCUT2D eigenvalue weighted by atomic mass is 9.91. The zero-order chi connectivity index (χ0) is 40.5. The Balaban J connectivity index is 1.21. The Labute approximate surface area is 358 Å². The summed E-state index contributed by atoms with van der Waals surface area (Å²) in [5, 5.41) is 2.25. The summed E-state index contributed by atoms with van der Waals surface area (Å²) in [7, 11) is 0. The van der Waals surface area contributed by atoms with Gasteiger partial charge in [0.15, 0.2) is 17.5 Å². The first kappa shape index (κ1) is 36.2. The molecule has 3 aromatic heterocycles. The van der Waals surface area contributed by atoms with Crippen molar-refractivity contribution in [1.82, 2.24) is 19.9 Å². The predicted octanol–water partition coefficient (Wildman–Crippen LogP) is 15.0. The summed E-state index contributed by atoms with van der Waals surface area (Å²) in [6.45, 7) is 0. The number of pyridine rings is 1. The van der Waals surface area contributed by atoms with Crippen molar-refractivity contribution in [1.29, 1.82) is 0 Å². The lowest BCUT2D eigenvalue weighted by Gasteiger charge is -2.14. The molecule has 3 heterocycles. The average Bonchev–Trinajstić information content (AvgIpc) is 3.76. The number of thiophene rings is 1. The molecule has 11 rings (SSSR count). The van der Waals surface area contributed by atoms with E-state index in [2.05, 4.69) is 158 Å². The van der Waals surface area contributed by atoms with Crippen LogP contribution in [-0.2, 0) is 0 Å². The fourth-order valence-electron chi connectivity index (χ4n) is 8.17. The van der Waals surface area contributed by atoms with Gasteiger partial charge in [0.25, 0.3) is 0 Å². The molecular weight excluding hydrogens is 761 g/mol. The van der Waals surface area contributed by atoms with E-state index >= 15 is 0 Å². The molecule has 0 unspecified atom stereocenters. The van der Waals surface area contributed by atoms with Crippen LogP contribution in [0.1, 0.15) is 0 Å². The van der Waals surface area contributed by atoms with Gasteiger partial charge in [-0.05, 0) is 63.7 Å². The Bertz CT molecular complexity index is 3220. The van der Waals surface area contributed by atoms with Crippen molar-refractivity contribution in [3.63, 3.8) is 0 Å². The van der Waals surface area contributed by atoms with Gasteiger partial charge >= 0.3 is 0 Å². The summed E-state index contributed by atoms with van der Waals surface area (Å²) in [5.74, 6) is 1.87. The van der Waals surface area contributed by atoms with Crippen LogP contribution in [0.15, 0.2) is 218 Å². The summed E-state index contributed by atoms with van der Waals surface area (Å²) in [5.41, 5.74) is 13.7. The van der Waals surface area contributed by atoms with Crippen molar-refractivity contribution in [3.8, 4) is 89.2 Å². The second-order valence-electron chi connectivity index (χ2n) is 15.0. The molecule has 11 aromatic rings. The Morgan fingerprint density at radius 2 is 0.705 bits per heavy atom. The topological polar surface area (TPSA) is 51.6 Å². The normalized spacial score (nSPS) is 11.3. The van der Waals surface area contributed by atoms with Crippen molar-refractivity contribution in [3.05, 3.63) is 218 Å². The Hall–Kier alpha value is -7.86. The zero-order valence-electron chi connectivity index (χ0n) is 33.0. The molecule has 0 bridgehead atoms. The molecule has 5 heteroatoms. The Kier molecular flexibility index (Phi) is 9.34. The van der Waals surface area contributed by atoms with Crippen LogP contribution in [0.2, 0.25) is 0 Å². The standard InChI is InChI=1S/C56H36N4S/c1-6-19-37(20-7-1)44-34-45(38-21-8-2-9-22-38)36-46(35-44)52-49(50-51(39-23-10-3-11-24-39)57-48-32-17-16-31-47(48)53(50)61-52)42-29-18-30-43(33-42)56-59-54(40-25-12-4-13-26-40)58-55(60-56)41-27-14-5-15-28-41/h1-36H. The minimum Gasteiger partial charge on any atom is -0.247 e. The van der Waals surface area contributed by atoms with Crippen LogP contribution < -0.4 is 0 Å². The van der Waals surface area contributed by atoms with E-state index in [0.717, 1.165) is 72.1 Å². The number of para-hydroxylation sites is 1. The van der Waals surface area contributed by atoms with Crippen LogP contribution in [0, 0.1) is 0 Å². The molecule has 0 aliphatic rings. The minimum atomic E-state index is 0.611. The maximum absolute atomic E-state index is 5.44. The molecule has 61 heavy (non-hydrogen) atoms. The molecule has 4 nitrogen and oxygen atoms in total. The molecular formula is C56H36N4S. The first-order valence-corrected chi connectivity index (χ1v) is 21.2. The first-order valence-electron chi connectivity index (χ1n) is 20.4. The van der Waals surface area contributed by atoms with Crippen LogP contribution >= 0.6 is 11.3 Å². The SMILES string of the molecule is c1ccc(-c2cc(-c3ccccc3)cc(-c3sc4c(c(-c5ccccc5)nc5ccccc54)c3-c3cccc(-c4nc(-c5ccccc5)nc(-c5ccccc5)n4)c3)c2)cc1. The zero-order valence-corrected chi connectivity index (χ0v) is 33.8. The molecule has 0 radical (unpaired) electrons. The number of hydrogen-bond acceptors (Lipinski definition) is 5. The van der Waals surface area contributed by atoms with Gasteiger partial charge in [-0.25, -0.2) is 19.9 Å². The summed E-state index contributed by atoms with van der Waals surface area (Å²) in [4.78, 5) is 21.8. The first-order chi connectivity index (χ1) is 30.2. The summed E-state index contributed by atoms with van der Waals surface area (Å²) >= 11 is 1.84. The van der Waals surface area contributed by atoms with Gasteiger partial charge < -0.3 is 0 Å². The second-order valence-corrected chi connectivity index (χ2v) is 16.0. The van der Waals surface area contributed by atoms with Crippen molar-refractivity contribution in [2.75, 3.05) is 0 Å². The highest BCUT2D eigenvalue weighted by Gasteiger charge is 2.24. The number of benzene rings is 8. The highest BCUT2D eigenvalue weighted by Crippen LogP contribution is 2.51. The van der Waals surface area contributed by atoms with Crippen LogP contribution in [0.25, 0.3) is 110 Å². The smallest absolute Gasteiger partial charge is 0.164 e. The van der Waals surface area contributed by atoms with Gasteiger partial charge in [-0.2, -0.15) is 0 Å². The van der Waals surface area contributed by atoms with E-state index in [1.807, 2.05) is 72.0 Å². The third-order valence-corrected chi connectivity index (χ3v) is 12.4. The molecule has 8 aromatic carbocycles. The third-order valence-electron chi connectivity index (χ3n) is 11.1. The Morgan fingerprint density at radius 1 is 0.295 bits per heavy atom. The van der Waals surface area contributed by atoms with E-state index in [4.69, 9.17) is 19.9 Å². The van der Waals surface area contributed by atoms with E-state index in [1.54, 1.807) is 0 Å². The number of aromatic nitrogens is 4. The van der Waals surface area contributed by atoms with Crippen LogP contribution in [0.4, 0.5) is 0 Å². The Morgan fingerprint density at radius 3 is 1.26 bits per heavy atom. The largest absolute Gasteiger partial charge is 0.247 e. The molecule has 0 aliphatic carbocycles. The molecule has 0 amide bonds. The van der Waals surface area contributed by atoms with Gasteiger partial charge in [0.05, 0.1) is 11.2 Å². The van der Waals surface area contributed by atoms with Crippen LogP contribution in [-0.4, -0.2) is 19.9 Å². The van der Waals surface area contributed by atoms with Gasteiger partial charge in [-0.3, -0.25) is 0 Å². The van der Waals surface area contributed by atoms with Crippen molar-refractivity contribution >= 4 is 32.3 Å². The third kappa shape index (κ3) is 6.97. The molecule has 0 aliphatic heterocycles. The van der Waals surface area contributed by atoms with E-state index in [-0.39, 0.29) is 0 Å². The number of rotatable bonds is 8. The fraction of sp³-hybridized carbons (Fsp3) is 0. The average molecular weight is 797 g/mol. The second kappa shape index (κ2) is 15.7. The van der Waals surface area contributed by atoms with E-state index in [0.29, 0.717) is 17.5 Å². The number of hydrogen-bond donors (Lipinski definition) is 0. The van der Waals surface area contributed by atoms with E-state index in [1.165, 1.54) is 20.7 Å². The van der Waals surface area contributed by atoms with Crippen molar-refractivity contribution in [2.24, 2.45) is 0 Å². The maximum Gasteiger partial charge on any atom is 0.164 e. The lowest BCUT2D eigenvalue weighted by Crippen LogP contribution is -2.00. The van der Waals surface area contributed by atoms with E-state index < -0.39 is 0 Å². The summed E-state index contributed by atoms with van der Waals surface area (Å²) in [6.07, 6.45) is 0. The lowest BCUT2D eigenvalue weighted by molar-refractivity contribution is 1.07. The molecule has 0 saturated heterocycles. The number of nitrogens with zero attached hydrogens (tertiary/aromatic N) is 4. The highest BCUT2D eigenvalue weighted by atomic mass is 32.1. The molecule has 286 valence electrons. The van der Waals surface area contributed by atoms with Crippen molar-refractivity contribution < 1.29 is 0 Å². The molecule has 0 spiro atoms. The van der Waals surface area contributed by atoms with Gasteiger partial charge in [0.1, 0.15) is 0 Å². The van der Waals surface area contributed by atoms with Gasteiger partial charge in [0, 0.05) is 48.2 Å². The predicted molar refractivity (Wildman–Crippen MR) is 254 cm³/mol. The van der Waals surface area contributed by atoms with Crippen LogP contribution in [0.3, 0.4) is 0 Å². The van der Waals surface area contributed by atoms with Crippen molar-refractivity contribution in [2.45, 2.75) is 0 Å². The summed E-state index contributed by atoms with van der Waals surface area (Å²) in [6, 6.07) is 76.4. The number of fused-ring (bicyclic) bond motifs is 3. The van der Waals surface area contributed by atoms with Gasteiger partial charge in [-0.1, -0.05) is 188 Å². The monoisotopic (exact) mass is 796 g/mol. The summed E-state index contributed by atoms with van der Waals surface area (Å²) < 4.78 is 1.20.